The van der Waals surface area contributed by atoms with Gasteiger partial charge in [-0.1, -0.05) is 19.9 Å². The van der Waals surface area contributed by atoms with Crippen LogP contribution in [0.3, 0.4) is 0 Å². The van der Waals surface area contributed by atoms with Crippen molar-refractivity contribution in [3.63, 3.8) is 0 Å². The Bertz CT molecular complexity index is 472. The molecular weight excluding hydrogens is 284 g/mol. The lowest BCUT2D eigenvalue weighted by Gasteiger charge is -2.20. The average Bonchev–Trinajstić information content (AvgIpc) is 2.47. The number of rotatable bonds is 9. The minimum Gasteiger partial charge on any atom is -0.508 e. The number of hydrogen-bond donors (Lipinski definition) is 3. The van der Waals surface area contributed by atoms with Crippen LogP contribution in [0.25, 0.3) is 0 Å². The molecule has 5 nitrogen and oxygen atoms in total. The number of ether oxygens (including phenoxy) is 1. The van der Waals surface area contributed by atoms with E-state index in [2.05, 4.69) is 0 Å². The largest absolute Gasteiger partial charge is 0.508 e. The molecular formula is C17H26O5. The summed E-state index contributed by atoms with van der Waals surface area (Å²) >= 11 is 0. The summed E-state index contributed by atoms with van der Waals surface area (Å²) in [6.45, 7) is 4.02. The monoisotopic (exact) mass is 310 g/mol. The molecule has 1 aromatic carbocycles. The topological polar surface area (TPSA) is 87.0 Å². The fourth-order valence-corrected chi connectivity index (χ4v) is 2.28. The van der Waals surface area contributed by atoms with Gasteiger partial charge in [0.15, 0.2) is 0 Å². The highest BCUT2D eigenvalue weighted by molar-refractivity contribution is 5.69. The third kappa shape index (κ3) is 6.35. The molecule has 0 bridgehead atoms. The van der Waals surface area contributed by atoms with Gasteiger partial charge in [-0.2, -0.15) is 0 Å². The fraction of sp³-hybridized carbons (Fsp3) is 0.588. The van der Waals surface area contributed by atoms with E-state index in [0.717, 1.165) is 6.42 Å². The van der Waals surface area contributed by atoms with Crippen LogP contribution < -0.4 is 0 Å². The zero-order valence-corrected chi connectivity index (χ0v) is 13.3. The number of carbonyl (C=O) groups is 1. The van der Waals surface area contributed by atoms with Crippen molar-refractivity contribution < 1.29 is 24.9 Å². The Balaban J connectivity index is 2.70. The zero-order valence-electron chi connectivity index (χ0n) is 13.3. The molecule has 0 radical (unpaired) electrons. The molecule has 2 atom stereocenters. The Morgan fingerprint density at radius 3 is 2.59 bits per heavy atom. The number of esters is 1. The summed E-state index contributed by atoms with van der Waals surface area (Å²) in [4.78, 5) is 11.5. The van der Waals surface area contributed by atoms with Crippen molar-refractivity contribution >= 4 is 5.97 Å². The Hall–Kier alpha value is -1.75. The lowest BCUT2D eigenvalue weighted by molar-refractivity contribution is -0.145. The van der Waals surface area contributed by atoms with Crippen molar-refractivity contribution in [2.75, 3.05) is 6.61 Å². The normalized spacial score (nSPS) is 13.6. The second-order valence-corrected chi connectivity index (χ2v) is 5.61. The van der Waals surface area contributed by atoms with E-state index in [9.17, 15) is 20.1 Å². The van der Waals surface area contributed by atoms with E-state index < -0.39 is 6.10 Å². The maximum Gasteiger partial charge on any atom is 0.305 e. The summed E-state index contributed by atoms with van der Waals surface area (Å²) in [6, 6.07) is 4.43. The van der Waals surface area contributed by atoms with Gasteiger partial charge in [0.05, 0.1) is 12.7 Å². The summed E-state index contributed by atoms with van der Waals surface area (Å²) in [7, 11) is 0. The quantitative estimate of drug-likeness (QED) is 0.611. The molecule has 0 aliphatic heterocycles. The van der Waals surface area contributed by atoms with Gasteiger partial charge in [0.1, 0.15) is 11.5 Å². The SMILES string of the molecule is CCCC(=O)OCC(Cc1ccc(O)cc1O)CC(O)CC. The Morgan fingerprint density at radius 1 is 1.27 bits per heavy atom. The second-order valence-electron chi connectivity index (χ2n) is 5.61. The van der Waals surface area contributed by atoms with Crippen LogP contribution in [0.4, 0.5) is 0 Å². The minimum absolute atomic E-state index is 0.000710. The molecule has 0 spiro atoms. The number of aliphatic hydroxyl groups excluding tert-OH is 1. The third-order valence-corrected chi connectivity index (χ3v) is 3.59. The first-order valence-electron chi connectivity index (χ1n) is 7.80. The highest BCUT2D eigenvalue weighted by atomic mass is 16.5. The van der Waals surface area contributed by atoms with Crippen LogP contribution in [0.15, 0.2) is 18.2 Å². The van der Waals surface area contributed by atoms with Crippen LogP contribution in [0, 0.1) is 5.92 Å². The van der Waals surface area contributed by atoms with Gasteiger partial charge in [0.2, 0.25) is 0 Å². The van der Waals surface area contributed by atoms with E-state index in [1.165, 1.54) is 12.1 Å². The first kappa shape index (κ1) is 18.3. The van der Waals surface area contributed by atoms with Gasteiger partial charge in [-0.25, -0.2) is 0 Å². The summed E-state index contributed by atoms with van der Waals surface area (Å²) < 4.78 is 5.24. The van der Waals surface area contributed by atoms with Gasteiger partial charge in [0.25, 0.3) is 0 Å². The third-order valence-electron chi connectivity index (χ3n) is 3.59. The van der Waals surface area contributed by atoms with Gasteiger partial charge in [-0.15, -0.1) is 0 Å². The molecule has 0 saturated heterocycles. The van der Waals surface area contributed by atoms with Gasteiger partial charge >= 0.3 is 5.97 Å². The molecule has 0 aliphatic carbocycles. The summed E-state index contributed by atoms with van der Waals surface area (Å²) in [5.41, 5.74) is 0.664. The van der Waals surface area contributed by atoms with Crippen molar-refractivity contribution in [2.24, 2.45) is 5.92 Å². The maximum atomic E-state index is 11.5. The summed E-state index contributed by atoms with van der Waals surface area (Å²) in [6.07, 6.45) is 2.25. The van der Waals surface area contributed by atoms with Crippen molar-refractivity contribution in [3.05, 3.63) is 23.8 Å². The van der Waals surface area contributed by atoms with E-state index in [-0.39, 0.29) is 30.0 Å². The lowest BCUT2D eigenvalue weighted by atomic mass is 9.93. The van der Waals surface area contributed by atoms with Crippen LogP contribution in [-0.4, -0.2) is 34.0 Å². The van der Waals surface area contributed by atoms with Gasteiger partial charge in [-0.05, 0) is 43.2 Å². The van der Waals surface area contributed by atoms with Crippen LogP contribution in [0.1, 0.15) is 45.1 Å². The number of hydrogen-bond acceptors (Lipinski definition) is 5. The maximum absolute atomic E-state index is 11.5. The first-order valence-corrected chi connectivity index (χ1v) is 7.80. The Morgan fingerprint density at radius 2 is 2.00 bits per heavy atom. The van der Waals surface area contributed by atoms with Crippen molar-refractivity contribution in [2.45, 2.75) is 52.1 Å². The standard InChI is InChI=1S/C17H26O5/c1-3-5-17(21)22-11-12(9-14(18)4-2)8-13-6-7-15(19)10-16(13)20/h6-7,10,12,14,18-20H,3-5,8-9,11H2,1-2H3. The number of aromatic hydroxyl groups is 2. The van der Waals surface area contributed by atoms with E-state index in [0.29, 0.717) is 31.2 Å². The smallest absolute Gasteiger partial charge is 0.305 e. The number of aliphatic hydroxyl groups is 1. The molecule has 0 amide bonds. The van der Waals surface area contributed by atoms with E-state index in [1.807, 2.05) is 13.8 Å². The summed E-state index contributed by atoms with van der Waals surface area (Å²) in [5.74, 6) is -0.309. The van der Waals surface area contributed by atoms with Gasteiger partial charge in [0, 0.05) is 12.5 Å². The number of phenols is 2. The molecule has 1 aromatic rings. The lowest BCUT2D eigenvalue weighted by Crippen LogP contribution is -2.21. The van der Waals surface area contributed by atoms with E-state index >= 15 is 0 Å². The van der Waals surface area contributed by atoms with Crippen LogP contribution in [0.2, 0.25) is 0 Å². The highest BCUT2D eigenvalue weighted by Crippen LogP contribution is 2.26. The Kier molecular flexibility index (Phi) is 7.74. The Labute approximate surface area is 131 Å². The number of phenolic OH excluding ortho intramolecular Hbond substituents is 2. The minimum atomic E-state index is -0.464. The van der Waals surface area contributed by atoms with Crippen LogP contribution in [0.5, 0.6) is 11.5 Å². The van der Waals surface area contributed by atoms with Crippen molar-refractivity contribution in [3.8, 4) is 11.5 Å². The molecule has 2 unspecified atom stereocenters. The van der Waals surface area contributed by atoms with Gasteiger partial charge in [-0.3, -0.25) is 4.79 Å². The number of carbonyl (C=O) groups excluding carboxylic acids is 1. The van der Waals surface area contributed by atoms with E-state index in [1.54, 1.807) is 6.07 Å². The average molecular weight is 310 g/mol. The molecule has 22 heavy (non-hydrogen) atoms. The molecule has 1 rings (SSSR count). The first-order chi connectivity index (χ1) is 10.5. The summed E-state index contributed by atoms with van der Waals surface area (Å²) in [5, 5.41) is 29.0. The molecule has 0 heterocycles. The molecule has 5 heteroatoms. The van der Waals surface area contributed by atoms with Crippen LogP contribution >= 0.6 is 0 Å². The molecule has 3 N–H and O–H groups in total. The van der Waals surface area contributed by atoms with E-state index in [4.69, 9.17) is 4.74 Å². The van der Waals surface area contributed by atoms with Crippen LogP contribution in [-0.2, 0) is 16.0 Å². The van der Waals surface area contributed by atoms with Gasteiger partial charge < -0.3 is 20.1 Å². The zero-order chi connectivity index (χ0) is 16.5. The number of benzene rings is 1. The van der Waals surface area contributed by atoms with Crippen molar-refractivity contribution in [1.29, 1.82) is 0 Å². The molecule has 0 saturated carbocycles. The second kappa shape index (κ2) is 9.30. The molecule has 0 aromatic heterocycles. The predicted octanol–water partition coefficient (Wildman–Crippen LogP) is 2.76. The highest BCUT2D eigenvalue weighted by Gasteiger charge is 2.18. The van der Waals surface area contributed by atoms with Crippen molar-refractivity contribution in [1.82, 2.24) is 0 Å². The predicted molar refractivity (Wildman–Crippen MR) is 83.7 cm³/mol. The molecule has 0 aliphatic rings. The molecule has 0 fully saturated rings. The fourth-order valence-electron chi connectivity index (χ4n) is 2.28. The molecule has 124 valence electrons.